The molecule has 22 heavy (non-hydrogen) atoms. The summed E-state index contributed by atoms with van der Waals surface area (Å²) in [5.74, 6) is 2.29. The van der Waals surface area contributed by atoms with Gasteiger partial charge < -0.3 is 9.64 Å². The van der Waals surface area contributed by atoms with Crippen LogP contribution in [0.15, 0.2) is 30.3 Å². The lowest BCUT2D eigenvalue weighted by molar-refractivity contribution is 0.246. The van der Waals surface area contributed by atoms with Crippen molar-refractivity contribution in [2.75, 3.05) is 27.2 Å². The zero-order valence-electron chi connectivity index (χ0n) is 13.5. The van der Waals surface area contributed by atoms with Gasteiger partial charge in [0.05, 0.1) is 12.8 Å². The maximum atomic E-state index is 5.22. The molecule has 1 aliphatic rings. The van der Waals surface area contributed by atoms with E-state index < -0.39 is 0 Å². The molecule has 1 saturated heterocycles. The number of rotatable bonds is 3. The molecule has 0 saturated carbocycles. The predicted octanol–water partition coefficient (Wildman–Crippen LogP) is 3.27. The third-order valence-electron chi connectivity index (χ3n) is 4.25. The number of aromatic nitrogens is 2. The van der Waals surface area contributed by atoms with Crippen LogP contribution < -0.4 is 4.74 Å². The van der Waals surface area contributed by atoms with Gasteiger partial charge in [0, 0.05) is 23.7 Å². The summed E-state index contributed by atoms with van der Waals surface area (Å²) < 4.78 is 5.22. The Morgan fingerprint density at radius 3 is 2.64 bits per heavy atom. The average Bonchev–Trinajstić information content (AvgIpc) is 2.54. The molecule has 0 radical (unpaired) electrons. The lowest BCUT2D eigenvalue weighted by Gasteiger charge is -2.28. The summed E-state index contributed by atoms with van der Waals surface area (Å²) in [6, 6.07) is 10.1. The summed E-state index contributed by atoms with van der Waals surface area (Å²) in [6.07, 6.45) is 2.40. The van der Waals surface area contributed by atoms with Gasteiger partial charge in [-0.05, 0) is 63.7 Å². The number of piperidine rings is 1. The Morgan fingerprint density at radius 2 is 1.95 bits per heavy atom. The lowest BCUT2D eigenvalue weighted by atomic mass is 9.97. The molecule has 1 fully saturated rings. The van der Waals surface area contributed by atoms with E-state index in [0.717, 1.165) is 35.1 Å². The number of benzene rings is 1. The number of likely N-dealkylation sites (N-methyl/N-ethyl adjacent to an activating group) is 1. The van der Waals surface area contributed by atoms with E-state index in [9.17, 15) is 0 Å². The fourth-order valence-corrected chi connectivity index (χ4v) is 3.06. The quantitative estimate of drug-likeness (QED) is 0.871. The molecular weight excluding hydrogens is 274 g/mol. The van der Waals surface area contributed by atoms with Crippen LogP contribution in [-0.4, -0.2) is 42.1 Å². The Kier molecular flexibility index (Phi) is 4.39. The van der Waals surface area contributed by atoms with Crippen molar-refractivity contribution in [1.82, 2.24) is 14.9 Å². The van der Waals surface area contributed by atoms with Crippen molar-refractivity contribution in [3.8, 4) is 17.0 Å². The highest BCUT2D eigenvalue weighted by molar-refractivity contribution is 5.60. The molecule has 1 aliphatic heterocycles. The maximum absolute atomic E-state index is 5.22. The number of hydrogen-bond acceptors (Lipinski definition) is 4. The maximum Gasteiger partial charge on any atom is 0.133 e. The summed E-state index contributed by atoms with van der Waals surface area (Å²) >= 11 is 0. The molecule has 0 unspecified atom stereocenters. The highest BCUT2D eigenvalue weighted by Gasteiger charge is 2.22. The Hall–Kier alpha value is -1.94. The van der Waals surface area contributed by atoms with Gasteiger partial charge in [-0.3, -0.25) is 0 Å². The van der Waals surface area contributed by atoms with E-state index in [4.69, 9.17) is 9.72 Å². The molecule has 0 aliphatic carbocycles. The summed E-state index contributed by atoms with van der Waals surface area (Å²) in [5.41, 5.74) is 3.14. The van der Waals surface area contributed by atoms with Gasteiger partial charge in [-0.25, -0.2) is 9.97 Å². The van der Waals surface area contributed by atoms with Crippen molar-refractivity contribution in [1.29, 1.82) is 0 Å². The van der Waals surface area contributed by atoms with Crippen molar-refractivity contribution >= 4 is 0 Å². The highest BCUT2D eigenvalue weighted by Crippen LogP contribution is 2.27. The SMILES string of the molecule is COc1ccc(-c2cc(C)nc([C@@H]3CCCN(C)C3)n2)cc1. The van der Waals surface area contributed by atoms with Gasteiger partial charge in [0.15, 0.2) is 0 Å². The van der Waals surface area contributed by atoms with E-state index >= 15 is 0 Å². The van der Waals surface area contributed by atoms with Crippen LogP contribution in [0.25, 0.3) is 11.3 Å². The van der Waals surface area contributed by atoms with Crippen LogP contribution in [0, 0.1) is 6.92 Å². The molecule has 0 N–H and O–H groups in total. The molecule has 1 aromatic heterocycles. The van der Waals surface area contributed by atoms with Crippen molar-refractivity contribution in [2.45, 2.75) is 25.7 Å². The minimum Gasteiger partial charge on any atom is -0.497 e. The third kappa shape index (κ3) is 3.28. The molecule has 0 spiro atoms. The first-order valence-corrected chi connectivity index (χ1v) is 7.84. The molecule has 2 aromatic rings. The summed E-state index contributed by atoms with van der Waals surface area (Å²) in [6.45, 7) is 4.27. The number of ether oxygens (including phenoxy) is 1. The Morgan fingerprint density at radius 1 is 1.18 bits per heavy atom. The van der Waals surface area contributed by atoms with Crippen molar-refractivity contribution < 1.29 is 4.74 Å². The Balaban J connectivity index is 1.91. The monoisotopic (exact) mass is 297 g/mol. The fraction of sp³-hybridized carbons (Fsp3) is 0.444. The first-order valence-electron chi connectivity index (χ1n) is 7.84. The number of nitrogens with zero attached hydrogens (tertiary/aromatic N) is 3. The lowest BCUT2D eigenvalue weighted by Crippen LogP contribution is -2.31. The zero-order valence-corrected chi connectivity index (χ0v) is 13.5. The molecular formula is C18H23N3O. The van der Waals surface area contributed by atoms with Gasteiger partial charge in [0.2, 0.25) is 0 Å². The number of aryl methyl sites for hydroxylation is 1. The number of likely N-dealkylation sites (tertiary alicyclic amines) is 1. The van der Waals surface area contributed by atoms with Crippen LogP contribution in [0.2, 0.25) is 0 Å². The van der Waals surface area contributed by atoms with E-state index in [1.54, 1.807) is 7.11 Å². The zero-order chi connectivity index (χ0) is 15.5. The van der Waals surface area contributed by atoms with Gasteiger partial charge in [-0.15, -0.1) is 0 Å². The van der Waals surface area contributed by atoms with Gasteiger partial charge in [0.25, 0.3) is 0 Å². The van der Waals surface area contributed by atoms with Crippen LogP contribution in [0.5, 0.6) is 5.75 Å². The third-order valence-corrected chi connectivity index (χ3v) is 4.25. The molecule has 0 bridgehead atoms. The van der Waals surface area contributed by atoms with Crippen molar-refractivity contribution in [2.24, 2.45) is 0 Å². The Bertz CT molecular complexity index is 639. The average molecular weight is 297 g/mol. The van der Waals surface area contributed by atoms with Gasteiger partial charge in [-0.2, -0.15) is 0 Å². The smallest absolute Gasteiger partial charge is 0.133 e. The molecule has 4 nitrogen and oxygen atoms in total. The van der Waals surface area contributed by atoms with Gasteiger partial charge in [0.1, 0.15) is 11.6 Å². The highest BCUT2D eigenvalue weighted by atomic mass is 16.5. The largest absolute Gasteiger partial charge is 0.497 e. The second-order valence-electron chi connectivity index (χ2n) is 6.08. The predicted molar refractivity (Wildman–Crippen MR) is 88.2 cm³/mol. The minimum absolute atomic E-state index is 0.440. The summed E-state index contributed by atoms with van der Waals surface area (Å²) in [4.78, 5) is 11.9. The molecule has 1 atom stereocenters. The number of hydrogen-bond donors (Lipinski definition) is 0. The van der Waals surface area contributed by atoms with Crippen molar-refractivity contribution in [3.63, 3.8) is 0 Å². The number of methoxy groups -OCH3 is 1. The van der Waals surface area contributed by atoms with E-state index in [1.165, 1.54) is 19.4 Å². The molecule has 1 aromatic carbocycles. The normalized spacial score (nSPS) is 19.1. The van der Waals surface area contributed by atoms with Gasteiger partial charge >= 0.3 is 0 Å². The van der Waals surface area contributed by atoms with E-state index in [1.807, 2.05) is 19.1 Å². The van der Waals surface area contributed by atoms with E-state index in [0.29, 0.717) is 5.92 Å². The fourth-order valence-electron chi connectivity index (χ4n) is 3.06. The van der Waals surface area contributed by atoms with Crippen LogP contribution in [0.4, 0.5) is 0 Å². The first kappa shape index (κ1) is 15.0. The molecule has 4 heteroatoms. The summed E-state index contributed by atoms with van der Waals surface area (Å²) in [5, 5.41) is 0. The van der Waals surface area contributed by atoms with E-state index in [-0.39, 0.29) is 0 Å². The van der Waals surface area contributed by atoms with Crippen LogP contribution in [-0.2, 0) is 0 Å². The van der Waals surface area contributed by atoms with E-state index in [2.05, 4.69) is 35.1 Å². The topological polar surface area (TPSA) is 38.2 Å². The molecule has 0 amide bonds. The van der Waals surface area contributed by atoms with Crippen LogP contribution >= 0.6 is 0 Å². The summed E-state index contributed by atoms with van der Waals surface area (Å²) in [7, 11) is 3.86. The Labute approximate surface area is 132 Å². The minimum atomic E-state index is 0.440. The molecule has 2 heterocycles. The van der Waals surface area contributed by atoms with Gasteiger partial charge in [-0.1, -0.05) is 0 Å². The van der Waals surface area contributed by atoms with Crippen LogP contribution in [0.1, 0.15) is 30.3 Å². The first-order chi connectivity index (χ1) is 10.7. The van der Waals surface area contributed by atoms with Crippen LogP contribution in [0.3, 0.4) is 0 Å². The van der Waals surface area contributed by atoms with Crippen molar-refractivity contribution in [3.05, 3.63) is 41.9 Å². The second kappa shape index (κ2) is 6.44. The second-order valence-corrected chi connectivity index (χ2v) is 6.08. The molecule has 3 rings (SSSR count). The molecule has 116 valence electrons. The standard InChI is InChI=1S/C18H23N3O/c1-13-11-17(14-6-8-16(22-3)9-7-14)20-18(19-13)15-5-4-10-21(2)12-15/h6-9,11,15H,4-5,10,12H2,1-3H3/t15-/m1/s1.